The van der Waals surface area contributed by atoms with Crippen molar-refractivity contribution in [1.82, 2.24) is 0 Å². The molecule has 1 aromatic carbocycles. The van der Waals surface area contributed by atoms with E-state index in [9.17, 15) is 20.4 Å². The quantitative estimate of drug-likeness (QED) is 0.233. The lowest BCUT2D eigenvalue weighted by Gasteiger charge is -2.29. The van der Waals surface area contributed by atoms with Crippen LogP contribution < -0.4 is 0 Å². The Morgan fingerprint density at radius 1 is 0.968 bits per heavy atom. The molecule has 2 atom stereocenters. The van der Waals surface area contributed by atoms with Crippen LogP contribution in [0.2, 0.25) is 0 Å². The normalized spacial score (nSPS) is 15.5. The zero-order chi connectivity index (χ0) is 23.6. The number of allylic oxidation sites excluding steroid dienone is 6. The summed E-state index contributed by atoms with van der Waals surface area (Å²) in [6, 6.07) is 3.17. The van der Waals surface area contributed by atoms with Crippen LogP contribution >= 0.6 is 0 Å². The molecule has 0 saturated heterocycles. The van der Waals surface area contributed by atoms with Gasteiger partial charge in [-0.3, -0.25) is 0 Å². The van der Waals surface area contributed by atoms with E-state index in [2.05, 4.69) is 32.1 Å². The highest BCUT2D eigenvalue weighted by atomic mass is 16.3. The van der Waals surface area contributed by atoms with Gasteiger partial charge in [-0.15, -0.1) is 0 Å². The number of aryl methyl sites for hydroxylation is 1. The second-order valence-electron chi connectivity index (χ2n) is 9.35. The van der Waals surface area contributed by atoms with Gasteiger partial charge in [0.2, 0.25) is 0 Å². The first-order valence-electron chi connectivity index (χ1n) is 11.3. The summed E-state index contributed by atoms with van der Waals surface area (Å²) >= 11 is 0. The molecule has 0 aliphatic carbocycles. The van der Waals surface area contributed by atoms with E-state index < -0.39 is 11.7 Å². The average Bonchev–Trinajstić information content (AvgIpc) is 2.67. The van der Waals surface area contributed by atoms with E-state index in [0.29, 0.717) is 24.8 Å². The number of aliphatic hydroxyl groups excluding tert-OH is 1. The van der Waals surface area contributed by atoms with Gasteiger partial charge in [0.25, 0.3) is 0 Å². The van der Waals surface area contributed by atoms with Gasteiger partial charge in [-0.1, -0.05) is 34.9 Å². The lowest BCUT2D eigenvalue weighted by Crippen LogP contribution is -2.39. The second-order valence-corrected chi connectivity index (χ2v) is 9.35. The summed E-state index contributed by atoms with van der Waals surface area (Å²) in [6.07, 6.45) is 10.7. The van der Waals surface area contributed by atoms with Crippen molar-refractivity contribution in [2.24, 2.45) is 0 Å². The van der Waals surface area contributed by atoms with E-state index in [0.717, 1.165) is 31.2 Å². The van der Waals surface area contributed by atoms with Crippen molar-refractivity contribution in [3.8, 4) is 11.5 Å². The molecule has 4 heteroatoms. The highest BCUT2D eigenvalue weighted by Gasteiger charge is 2.28. The lowest BCUT2D eigenvalue weighted by atomic mass is 9.89. The van der Waals surface area contributed by atoms with Crippen LogP contribution in [-0.2, 0) is 6.42 Å². The number of hydrogen-bond acceptors (Lipinski definition) is 4. The molecule has 0 unspecified atom stereocenters. The number of rotatable bonds is 12. The van der Waals surface area contributed by atoms with Gasteiger partial charge in [-0.2, -0.15) is 0 Å². The van der Waals surface area contributed by atoms with Crippen molar-refractivity contribution in [3.05, 3.63) is 58.2 Å². The van der Waals surface area contributed by atoms with Crippen LogP contribution in [0.4, 0.5) is 0 Å². The third-order valence-electron chi connectivity index (χ3n) is 5.80. The molecule has 0 fully saturated rings. The maximum absolute atomic E-state index is 10.5. The third-order valence-corrected chi connectivity index (χ3v) is 5.80. The summed E-state index contributed by atoms with van der Waals surface area (Å²) in [6.45, 7) is 11.7. The van der Waals surface area contributed by atoms with Crippen LogP contribution in [0.3, 0.4) is 0 Å². The Hall–Kier alpha value is -2.04. The molecule has 31 heavy (non-hydrogen) atoms. The molecular weight excluding hydrogens is 388 g/mol. The Balaban J connectivity index is 2.46. The Bertz CT molecular complexity index is 796. The van der Waals surface area contributed by atoms with Crippen molar-refractivity contribution in [3.63, 3.8) is 0 Å². The monoisotopic (exact) mass is 430 g/mol. The van der Waals surface area contributed by atoms with Crippen LogP contribution in [-0.4, -0.2) is 32.1 Å². The minimum atomic E-state index is -1.07. The Morgan fingerprint density at radius 3 is 2.26 bits per heavy atom. The molecule has 0 amide bonds. The van der Waals surface area contributed by atoms with Gasteiger partial charge in [0, 0.05) is 5.56 Å². The smallest absolute Gasteiger partial charge is 0.122 e. The molecule has 0 aliphatic heterocycles. The summed E-state index contributed by atoms with van der Waals surface area (Å²) in [5.41, 5.74) is 4.01. The zero-order valence-corrected chi connectivity index (χ0v) is 20.2. The molecule has 1 aromatic rings. The first-order chi connectivity index (χ1) is 14.4. The topological polar surface area (TPSA) is 80.9 Å². The van der Waals surface area contributed by atoms with Gasteiger partial charge in [0.05, 0.1) is 11.7 Å². The molecule has 0 aromatic heterocycles. The molecule has 4 N–H and O–H groups in total. The summed E-state index contributed by atoms with van der Waals surface area (Å²) in [5.74, 6) is 0.418. The second kappa shape index (κ2) is 12.7. The van der Waals surface area contributed by atoms with Gasteiger partial charge in [-0.25, -0.2) is 0 Å². The fourth-order valence-electron chi connectivity index (χ4n) is 3.52. The predicted octanol–water partition coefficient (Wildman–Crippen LogP) is 6.26. The van der Waals surface area contributed by atoms with Crippen LogP contribution in [0.15, 0.2) is 47.1 Å². The Morgan fingerprint density at radius 2 is 1.61 bits per heavy atom. The molecule has 0 heterocycles. The molecule has 174 valence electrons. The van der Waals surface area contributed by atoms with Gasteiger partial charge < -0.3 is 20.4 Å². The molecule has 0 aliphatic rings. The maximum Gasteiger partial charge on any atom is 0.122 e. The minimum Gasteiger partial charge on any atom is -0.508 e. The Labute approximate surface area is 188 Å². The molecule has 4 nitrogen and oxygen atoms in total. The number of phenols is 2. The average molecular weight is 431 g/mol. The van der Waals surface area contributed by atoms with Crippen LogP contribution in [0.25, 0.3) is 0 Å². The minimum absolute atomic E-state index is 0.174. The summed E-state index contributed by atoms with van der Waals surface area (Å²) in [4.78, 5) is 0. The SMILES string of the molecule is CC(C)=CCC[C@](C)(O)[C@@H](O)CC/C(C)=C/CC/C(C)=C/Cc1cc(O)cc(C)c1O. The molecule has 0 saturated carbocycles. The van der Waals surface area contributed by atoms with Crippen molar-refractivity contribution in [1.29, 1.82) is 0 Å². The van der Waals surface area contributed by atoms with E-state index in [4.69, 9.17) is 0 Å². The van der Waals surface area contributed by atoms with Gasteiger partial charge in [0.15, 0.2) is 0 Å². The van der Waals surface area contributed by atoms with Crippen molar-refractivity contribution >= 4 is 0 Å². The van der Waals surface area contributed by atoms with Crippen LogP contribution in [0, 0.1) is 6.92 Å². The van der Waals surface area contributed by atoms with Crippen LogP contribution in [0.5, 0.6) is 11.5 Å². The van der Waals surface area contributed by atoms with E-state index in [-0.39, 0.29) is 11.5 Å². The van der Waals surface area contributed by atoms with E-state index >= 15 is 0 Å². The summed E-state index contributed by atoms with van der Waals surface area (Å²) in [5, 5.41) is 40.8. The fourth-order valence-corrected chi connectivity index (χ4v) is 3.52. The van der Waals surface area contributed by atoms with E-state index in [1.54, 1.807) is 26.0 Å². The lowest BCUT2D eigenvalue weighted by molar-refractivity contribution is -0.0691. The number of aromatic hydroxyl groups is 2. The maximum atomic E-state index is 10.5. The number of aliphatic hydroxyl groups is 2. The van der Waals surface area contributed by atoms with Gasteiger partial charge in [-0.05, 0) is 104 Å². The molecule has 0 spiro atoms. The van der Waals surface area contributed by atoms with Crippen molar-refractivity contribution in [2.45, 2.75) is 98.2 Å². The molecule has 0 bridgehead atoms. The van der Waals surface area contributed by atoms with Gasteiger partial charge >= 0.3 is 0 Å². The van der Waals surface area contributed by atoms with E-state index in [1.807, 2.05) is 13.8 Å². The first kappa shape index (κ1) is 27.0. The fraction of sp³-hybridized carbons (Fsp3) is 0.556. The molecule has 1 rings (SSSR count). The highest BCUT2D eigenvalue weighted by molar-refractivity contribution is 5.46. The molecule has 0 radical (unpaired) electrons. The number of benzene rings is 1. The largest absolute Gasteiger partial charge is 0.508 e. The Kier molecular flexibility index (Phi) is 11.1. The molecular formula is C27H42O4. The predicted molar refractivity (Wildman–Crippen MR) is 129 cm³/mol. The van der Waals surface area contributed by atoms with E-state index in [1.165, 1.54) is 16.7 Å². The highest BCUT2D eigenvalue weighted by Crippen LogP contribution is 2.28. The summed E-state index contributed by atoms with van der Waals surface area (Å²) in [7, 11) is 0. The van der Waals surface area contributed by atoms with Crippen LogP contribution in [0.1, 0.15) is 84.3 Å². The number of phenolic OH excluding ortho intramolecular Hbond substituents is 2. The van der Waals surface area contributed by atoms with Crippen molar-refractivity contribution < 1.29 is 20.4 Å². The third kappa shape index (κ3) is 10.2. The first-order valence-corrected chi connectivity index (χ1v) is 11.3. The number of hydrogen-bond donors (Lipinski definition) is 4. The van der Waals surface area contributed by atoms with Gasteiger partial charge in [0.1, 0.15) is 11.5 Å². The zero-order valence-electron chi connectivity index (χ0n) is 20.2. The van der Waals surface area contributed by atoms with Crippen molar-refractivity contribution in [2.75, 3.05) is 0 Å². The summed E-state index contributed by atoms with van der Waals surface area (Å²) < 4.78 is 0. The standard InChI is InChI=1S/C27H42O4/c1-19(2)9-8-16-27(6,31)25(29)15-13-21(4)11-7-10-20(3)12-14-23-18-24(28)17-22(5)26(23)30/h9,11-12,17-18,25,28-31H,7-8,10,13-16H2,1-6H3/b20-12+,21-11+/t25-,27-/m0/s1.